The Balaban J connectivity index is 2.82. The second-order valence-corrected chi connectivity index (χ2v) is 4.58. The summed E-state index contributed by atoms with van der Waals surface area (Å²) in [4.78, 5) is 13.8. The Hall–Kier alpha value is -1.33. The quantitative estimate of drug-likeness (QED) is 0.714. The Kier molecular flexibility index (Phi) is 6.05. The van der Waals surface area contributed by atoms with Crippen LogP contribution < -0.4 is 0 Å². The molecule has 1 aromatic rings. The molecular weight excluding hydrogens is 252 g/mol. The molecule has 5 heteroatoms. The number of rotatable bonds is 7. The van der Waals surface area contributed by atoms with E-state index in [0.29, 0.717) is 13.2 Å². The second-order valence-electron chi connectivity index (χ2n) is 4.58. The molecule has 0 N–H and O–H groups in total. The minimum absolute atomic E-state index is 0.0289. The molecule has 0 atom stereocenters. The van der Waals surface area contributed by atoms with Gasteiger partial charge in [-0.1, -0.05) is 6.07 Å². The summed E-state index contributed by atoms with van der Waals surface area (Å²) in [5.74, 6) is -2.19. The van der Waals surface area contributed by atoms with E-state index in [9.17, 15) is 13.6 Å². The standard InChI is InChI=1S/C14H19F2NO2/c1-10(2)17(7-8-19-3)9-13(18)14-11(15)5-4-6-12(14)16/h4-6,10H,7-9H2,1-3H3. The number of hydrogen-bond donors (Lipinski definition) is 0. The van der Waals surface area contributed by atoms with Crippen LogP contribution >= 0.6 is 0 Å². The van der Waals surface area contributed by atoms with Gasteiger partial charge in [-0.15, -0.1) is 0 Å². The number of Topliss-reactive ketones (excluding diaryl/α,β-unsaturated/α-hetero) is 1. The number of benzene rings is 1. The van der Waals surface area contributed by atoms with Crippen LogP contribution in [0.1, 0.15) is 24.2 Å². The third-order valence-electron chi connectivity index (χ3n) is 2.90. The zero-order chi connectivity index (χ0) is 14.4. The normalized spacial score (nSPS) is 11.3. The van der Waals surface area contributed by atoms with E-state index in [2.05, 4.69) is 0 Å². The van der Waals surface area contributed by atoms with E-state index in [0.717, 1.165) is 12.1 Å². The van der Waals surface area contributed by atoms with E-state index >= 15 is 0 Å². The van der Waals surface area contributed by atoms with Crippen LogP contribution in [0.4, 0.5) is 8.78 Å². The fourth-order valence-electron chi connectivity index (χ4n) is 1.76. The molecule has 0 amide bonds. The molecule has 0 aromatic heterocycles. The molecule has 1 aromatic carbocycles. The SMILES string of the molecule is COCCN(CC(=O)c1c(F)cccc1F)C(C)C. The molecule has 19 heavy (non-hydrogen) atoms. The van der Waals surface area contributed by atoms with Gasteiger partial charge in [0.25, 0.3) is 0 Å². The van der Waals surface area contributed by atoms with Crippen molar-refractivity contribution < 1.29 is 18.3 Å². The van der Waals surface area contributed by atoms with Crippen molar-refractivity contribution in [1.29, 1.82) is 0 Å². The first-order valence-corrected chi connectivity index (χ1v) is 6.17. The molecule has 0 saturated carbocycles. The van der Waals surface area contributed by atoms with E-state index in [1.54, 1.807) is 7.11 Å². The summed E-state index contributed by atoms with van der Waals surface area (Å²) in [6.07, 6.45) is 0. The summed E-state index contributed by atoms with van der Waals surface area (Å²) in [7, 11) is 1.57. The Labute approximate surface area is 112 Å². The maximum Gasteiger partial charge on any atom is 0.182 e. The summed E-state index contributed by atoms with van der Waals surface area (Å²) in [5, 5.41) is 0. The molecule has 3 nitrogen and oxygen atoms in total. The summed E-state index contributed by atoms with van der Waals surface area (Å²) >= 11 is 0. The lowest BCUT2D eigenvalue weighted by atomic mass is 10.1. The van der Waals surface area contributed by atoms with Gasteiger partial charge in [0.05, 0.1) is 18.7 Å². The number of nitrogens with zero attached hydrogens (tertiary/aromatic N) is 1. The predicted octanol–water partition coefficient (Wildman–Crippen LogP) is 2.50. The predicted molar refractivity (Wildman–Crippen MR) is 69.3 cm³/mol. The number of hydrogen-bond acceptors (Lipinski definition) is 3. The first kappa shape index (κ1) is 15.7. The fourth-order valence-corrected chi connectivity index (χ4v) is 1.76. The summed E-state index contributed by atoms with van der Waals surface area (Å²) in [5.41, 5.74) is -0.467. The van der Waals surface area contributed by atoms with Gasteiger partial charge in [0.1, 0.15) is 11.6 Å². The van der Waals surface area contributed by atoms with E-state index in [1.165, 1.54) is 6.07 Å². The first-order valence-electron chi connectivity index (χ1n) is 6.17. The van der Waals surface area contributed by atoms with Crippen LogP contribution in [0.25, 0.3) is 0 Å². The molecule has 0 spiro atoms. The van der Waals surface area contributed by atoms with Crippen LogP contribution in [-0.4, -0.2) is 43.5 Å². The average Bonchev–Trinajstić information content (AvgIpc) is 2.33. The van der Waals surface area contributed by atoms with Gasteiger partial charge in [0.15, 0.2) is 5.78 Å². The molecule has 0 saturated heterocycles. The van der Waals surface area contributed by atoms with Gasteiger partial charge in [0.2, 0.25) is 0 Å². The maximum absolute atomic E-state index is 13.5. The summed E-state index contributed by atoms with van der Waals surface area (Å²) < 4.78 is 32.0. The van der Waals surface area contributed by atoms with Crippen molar-refractivity contribution in [3.63, 3.8) is 0 Å². The molecule has 0 fully saturated rings. The molecule has 1 rings (SSSR count). The van der Waals surface area contributed by atoms with Crippen LogP contribution in [0.3, 0.4) is 0 Å². The van der Waals surface area contributed by atoms with Crippen molar-refractivity contribution in [3.05, 3.63) is 35.4 Å². The molecule has 0 radical (unpaired) electrons. The summed E-state index contributed by atoms with van der Waals surface area (Å²) in [6, 6.07) is 3.51. The molecule has 0 unspecified atom stereocenters. The van der Waals surface area contributed by atoms with Crippen molar-refractivity contribution in [3.8, 4) is 0 Å². The minimum atomic E-state index is -0.819. The number of carbonyl (C=O) groups excluding carboxylic acids is 1. The second kappa shape index (κ2) is 7.31. The van der Waals surface area contributed by atoms with Crippen molar-refractivity contribution >= 4 is 5.78 Å². The Morgan fingerprint density at radius 3 is 2.37 bits per heavy atom. The van der Waals surface area contributed by atoms with Gasteiger partial charge in [-0.25, -0.2) is 8.78 Å². The minimum Gasteiger partial charge on any atom is -0.383 e. The maximum atomic E-state index is 13.5. The molecule has 0 heterocycles. The lowest BCUT2D eigenvalue weighted by Gasteiger charge is -2.25. The molecule has 0 aliphatic heterocycles. The zero-order valence-electron chi connectivity index (χ0n) is 11.5. The van der Waals surface area contributed by atoms with Gasteiger partial charge >= 0.3 is 0 Å². The van der Waals surface area contributed by atoms with Crippen molar-refractivity contribution in [2.24, 2.45) is 0 Å². The number of ether oxygens (including phenoxy) is 1. The van der Waals surface area contributed by atoms with E-state index in [4.69, 9.17) is 4.74 Å². The van der Waals surface area contributed by atoms with E-state index in [1.807, 2.05) is 18.7 Å². The topological polar surface area (TPSA) is 29.5 Å². The van der Waals surface area contributed by atoms with Crippen LogP contribution in [0, 0.1) is 11.6 Å². The number of methoxy groups -OCH3 is 1. The van der Waals surface area contributed by atoms with Gasteiger partial charge in [-0.3, -0.25) is 9.69 Å². The van der Waals surface area contributed by atoms with Gasteiger partial charge < -0.3 is 4.74 Å². The Bertz CT molecular complexity index is 415. The molecular formula is C14H19F2NO2. The summed E-state index contributed by atoms with van der Waals surface area (Å²) in [6.45, 7) is 4.81. The highest BCUT2D eigenvalue weighted by Gasteiger charge is 2.20. The average molecular weight is 271 g/mol. The van der Waals surface area contributed by atoms with Crippen molar-refractivity contribution in [1.82, 2.24) is 4.90 Å². The molecule has 0 bridgehead atoms. The van der Waals surface area contributed by atoms with Gasteiger partial charge in [0, 0.05) is 19.7 Å². The smallest absolute Gasteiger partial charge is 0.182 e. The molecule has 0 aliphatic carbocycles. The lowest BCUT2D eigenvalue weighted by molar-refractivity contribution is 0.0844. The van der Waals surface area contributed by atoms with Crippen molar-refractivity contribution in [2.45, 2.75) is 19.9 Å². The van der Waals surface area contributed by atoms with Crippen LogP contribution in [0.2, 0.25) is 0 Å². The fraction of sp³-hybridized carbons (Fsp3) is 0.500. The third-order valence-corrected chi connectivity index (χ3v) is 2.90. The highest BCUT2D eigenvalue weighted by atomic mass is 19.1. The highest BCUT2D eigenvalue weighted by molar-refractivity contribution is 5.98. The van der Waals surface area contributed by atoms with Crippen LogP contribution in [0.15, 0.2) is 18.2 Å². The third kappa shape index (κ3) is 4.36. The number of ketones is 1. The van der Waals surface area contributed by atoms with Crippen molar-refractivity contribution in [2.75, 3.05) is 26.8 Å². The van der Waals surface area contributed by atoms with E-state index in [-0.39, 0.29) is 12.6 Å². The number of halogens is 2. The first-order chi connectivity index (χ1) is 8.97. The van der Waals surface area contributed by atoms with Gasteiger partial charge in [-0.05, 0) is 26.0 Å². The zero-order valence-corrected chi connectivity index (χ0v) is 11.5. The molecule has 106 valence electrons. The van der Waals surface area contributed by atoms with Crippen LogP contribution in [-0.2, 0) is 4.74 Å². The largest absolute Gasteiger partial charge is 0.383 e. The number of carbonyl (C=O) groups is 1. The van der Waals surface area contributed by atoms with Crippen LogP contribution in [0.5, 0.6) is 0 Å². The van der Waals surface area contributed by atoms with Gasteiger partial charge in [-0.2, -0.15) is 0 Å². The Morgan fingerprint density at radius 2 is 1.89 bits per heavy atom. The Morgan fingerprint density at radius 1 is 1.32 bits per heavy atom. The lowest BCUT2D eigenvalue weighted by Crippen LogP contribution is -2.38. The highest BCUT2D eigenvalue weighted by Crippen LogP contribution is 2.14. The van der Waals surface area contributed by atoms with E-state index < -0.39 is 23.0 Å². The molecule has 0 aliphatic rings. The monoisotopic (exact) mass is 271 g/mol.